The Morgan fingerprint density at radius 3 is 2.81 bits per heavy atom. The Kier molecular flexibility index (Phi) is 3.80. The van der Waals surface area contributed by atoms with Crippen LogP contribution in [0.1, 0.15) is 51.8 Å². The van der Waals surface area contributed by atoms with Crippen LogP contribution in [0.15, 0.2) is 12.4 Å². The van der Waals surface area contributed by atoms with E-state index in [9.17, 15) is 4.79 Å². The molecule has 1 atom stereocenters. The van der Waals surface area contributed by atoms with E-state index >= 15 is 0 Å². The van der Waals surface area contributed by atoms with Crippen molar-refractivity contribution < 1.29 is 4.79 Å². The van der Waals surface area contributed by atoms with Crippen LogP contribution in [0.3, 0.4) is 0 Å². The van der Waals surface area contributed by atoms with Gasteiger partial charge in [-0.2, -0.15) is 0 Å². The van der Waals surface area contributed by atoms with Gasteiger partial charge in [0.2, 0.25) is 5.91 Å². The first kappa shape index (κ1) is 14.6. The van der Waals surface area contributed by atoms with E-state index in [0.717, 1.165) is 38.2 Å². The fourth-order valence-corrected chi connectivity index (χ4v) is 4.19. The summed E-state index contributed by atoms with van der Waals surface area (Å²) in [5.74, 6) is 2.02. The monoisotopic (exact) mass is 289 g/mol. The number of hydrogen-bond acceptors (Lipinski definition) is 2. The van der Waals surface area contributed by atoms with Gasteiger partial charge in [-0.15, -0.1) is 0 Å². The Bertz CT molecular complexity index is 512. The number of carbonyl (C=O) groups excluding carboxylic acids is 1. The minimum absolute atomic E-state index is 0.360. The highest BCUT2D eigenvalue weighted by Crippen LogP contribution is 2.46. The SMILES string of the molecule is Cc1nccn1CC1CCCN1C(=O)CC1CC(C)(C)C1. The molecule has 3 rings (SSSR count). The van der Waals surface area contributed by atoms with Gasteiger partial charge in [-0.25, -0.2) is 4.98 Å². The molecule has 2 heterocycles. The van der Waals surface area contributed by atoms with Gasteiger partial charge in [0.15, 0.2) is 0 Å². The zero-order valence-corrected chi connectivity index (χ0v) is 13.5. The maximum atomic E-state index is 12.6. The van der Waals surface area contributed by atoms with Crippen molar-refractivity contribution in [3.8, 4) is 0 Å². The van der Waals surface area contributed by atoms with Crippen molar-refractivity contribution >= 4 is 5.91 Å². The van der Waals surface area contributed by atoms with Crippen LogP contribution < -0.4 is 0 Å². The van der Waals surface area contributed by atoms with Gasteiger partial charge in [0.1, 0.15) is 5.82 Å². The largest absolute Gasteiger partial charge is 0.338 e. The molecule has 2 aliphatic rings. The maximum absolute atomic E-state index is 12.6. The quantitative estimate of drug-likeness (QED) is 0.854. The Morgan fingerprint density at radius 2 is 2.19 bits per heavy atom. The third-order valence-electron chi connectivity index (χ3n) is 5.17. The van der Waals surface area contributed by atoms with E-state index in [1.54, 1.807) is 0 Å². The molecule has 0 aromatic carbocycles. The number of aromatic nitrogens is 2. The molecule has 0 spiro atoms. The molecular formula is C17H27N3O. The topological polar surface area (TPSA) is 38.1 Å². The highest BCUT2D eigenvalue weighted by atomic mass is 16.2. The first-order valence-electron chi connectivity index (χ1n) is 8.22. The molecule has 116 valence electrons. The lowest BCUT2D eigenvalue weighted by Gasteiger charge is -2.43. The number of carbonyl (C=O) groups is 1. The van der Waals surface area contributed by atoms with E-state index in [1.807, 2.05) is 19.3 Å². The second kappa shape index (κ2) is 5.47. The van der Waals surface area contributed by atoms with Crippen molar-refractivity contribution in [2.75, 3.05) is 6.54 Å². The number of rotatable bonds is 4. The molecule has 4 nitrogen and oxygen atoms in total. The summed E-state index contributed by atoms with van der Waals surface area (Å²) in [6.07, 6.45) is 9.29. The number of nitrogens with zero attached hydrogens (tertiary/aromatic N) is 3. The van der Waals surface area contributed by atoms with Crippen LogP contribution in [0, 0.1) is 18.3 Å². The fraction of sp³-hybridized carbons (Fsp3) is 0.765. The number of likely N-dealkylation sites (tertiary alicyclic amines) is 1. The van der Waals surface area contributed by atoms with E-state index in [-0.39, 0.29) is 0 Å². The molecule has 1 aliphatic heterocycles. The van der Waals surface area contributed by atoms with Gasteiger partial charge < -0.3 is 9.47 Å². The third-order valence-corrected chi connectivity index (χ3v) is 5.17. The average molecular weight is 289 g/mol. The van der Waals surface area contributed by atoms with Gasteiger partial charge in [-0.05, 0) is 43.9 Å². The second-order valence-electron chi connectivity index (χ2n) is 7.65. The molecule has 0 bridgehead atoms. The normalized spacial score (nSPS) is 25.1. The van der Waals surface area contributed by atoms with Gasteiger partial charge >= 0.3 is 0 Å². The average Bonchev–Trinajstić information content (AvgIpc) is 2.98. The summed E-state index contributed by atoms with van der Waals surface area (Å²) < 4.78 is 2.17. The van der Waals surface area contributed by atoms with Crippen molar-refractivity contribution in [3.05, 3.63) is 18.2 Å². The van der Waals surface area contributed by atoms with Gasteiger partial charge in [-0.3, -0.25) is 4.79 Å². The molecule has 1 amide bonds. The standard InChI is InChI=1S/C17H27N3O/c1-13-18-6-8-19(13)12-15-5-4-7-20(15)16(21)9-14-10-17(2,3)11-14/h6,8,14-15H,4-5,7,9-12H2,1-3H3. The van der Waals surface area contributed by atoms with Crippen molar-refractivity contribution in [3.63, 3.8) is 0 Å². The third kappa shape index (κ3) is 3.14. The van der Waals surface area contributed by atoms with Crippen LogP contribution in [-0.4, -0.2) is 32.9 Å². The molecule has 0 radical (unpaired) electrons. The number of hydrogen-bond donors (Lipinski definition) is 0. The van der Waals surface area contributed by atoms with Crippen LogP contribution in [-0.2, 0) is 11.3 Å². The number of aryl methyl sites for hydroxylation is 1. The van der Waals surface area contributed by atoms with Crippen molar-refractivity contribution in [2.24, 2.45) is 11.3 Å². The van der Waals surface area contributed by atoms with E-state index in [4.69, 9.17) is 0 Å². The Hall–Kier alpha value is -1.32. The van der Waals surface area contributed by atoms with Crippen molar-refractivity contribution in [1.29, 1.82) is 0 Å². The summed E-state index contributed by atoms with van der Waals surface area (Å²) in [5.41, 5.74) is 0.462. The molecule has 1 saturated carbocycles. The first-order valence-corrected chi connectivity index (χ1v) is 8.22. The van der Waals surface area contributed by atoms with E-state index in [1.165, 1.54) is 12.8 Å². The summed E-state index contributed by atoms with van der Waals surface area (Å²) in [7, 11) is 0. The zero-order valence-electron chi connectivity index (χ0n) is 13.5. The Labute approximate surface area is 127 Å². The molecule has 1 aromatic heterocycles. The summed E-state index contributed by atoms with van der Waals surface area (Å²) >= 11 is 0. The maximum Gasteiger partial charge on any atom is 0.223 e. The molecule has 1 aromatic rings. The molecule has 2 fully saturated rings. The van der Waals surface area contributed by atoms with Crippen LogP contribution in [0.25, 0.3) is 0 Å². The highest BCUT2D eigenvalue weighted by molar-refractivity contribution is 5.77. The molecule has 1 unspecified atom stereocenters. The van der Waals surface area contributed by atoms with Crippen molar-refractivity contribution in [1.82, 2.24) is 14.5 Å². The Morgan fingerprint density at radius 1 is 1.43 bits per heavy atom. The summed E-state index contributed by atoms with van der Waals surface area (Å²) in [6, 6.07) is 0.360. The van der Waals surface area contributed by atoms with Gasteiger partial charge in [0.25, 0.3) is 0 Å². The number of amides is 1. The number of imidazole rings is 1. The van der Waals surface area contributed by atoms with E-state index < -0.39 is 0 Å². The predicted molar refractivity (Wildman–Crippen MR) is 82.8 cm³/mol. The van der Waals surface area contributed by atoms with Gasteiger partial charge in [0.05, 0.1) is 0 Å². The molecule has 1 aliphatic carbocycles. The minimum atomic E-state index is 0.360. The minimum Gasteiger partial charge on any atom is -0.338 e. The predicted octanol–water partition coefficient (Wildman–Crippen LogP) is 3.01. The van der Waals surface area contributed by atoms with Crippen LogP contribution in [0.5, 0.6) is 0 Å². The molecular weight excluding hydrogens is 262 g/mol. The zero-order chi connectivity index (χ0) is 15.0. The van der Waals surface area contributed by atoms with Gasteiger partial charge in [0, 0.05) is 37.9 Å². The Balaban J connectivity index is 1.56. The fourth-order valence-electron chi connectivity index (χ4n) is 4.19. The van der Waals surface area contributed by atoms with Gasteiger partial charge in [-0.1, -0.05) is 13.8 Å². The van der Waals surface area contributed by atoms with Crippen LogP contribution in [0.4, 0.5) is 0 Å². The molecule has 21 heavy (non-hydrogen) atoms. The summed E-state index contributed by atoms with van der Waals surface area (Å²) in [6.45, 7) is 8.46. The van der Waals surface area contributed by atoms with E-state index in [2.05, 4.69) is 28.3 Å². The van der Waals surface area contributed by atoms with Crippen LogP contribution >= 0.6 is 0 Å². The van der Waals surface area contributed by atoms with Crippen LogP contribution in [0.2, 0.25) is 0 Å². The lowest BCUT2D eigenvalue weighted by Crippen LogP contribution is -2.41. The highest BCUT2D eigenvalue weighted by Gasteiger charge is 2.39. The van der Waals surface area contributed by atoms with E-state index in [0.29, 0.717) is 23.3 Å². The molecule has 4 heteroatoms. The smallest absolute Gasteiger partial charge is 0.223 e. The van der Waals surface area contributed by atoms with Crippen molar-refractivity contribution in [2.45, 2.75) is 65.5 Å². The molecule has 1 saturated heterocycles. The molecule has 0 N–H and O–H groups in total. The first-order chi connectivity index (χ1) is 9.94. The second-order valence-corrected chi connectivity index (χ2v) is 7.65. The lowest BCUT2D eigenvalue weighted by molar-refractivity contribution is -0.134. The summed E-state index contributed by atoms with van der Waals surface area (Å²) in [5, 5.41) is 0. The summed E-state index contributed by atoms with van der Waals surface area (Å²) in [4.78, 5) is 19.0. The lowest BCUT2D eigenvalue weighted by atomic mass is 9.63.